The Morgan fingerprint density at radius 2 is 0.851 bits per heavy atom. The zero-order valence-electron chi connectivity index (χ0n) is 28.2. The molecule has 0 bridgehead atoms. The van der Waals surface area contributed by atoms with Gasteiger partial charge in [0.1, 0.15) is 12.0 Å². The molecule has 0 N–H and O–H groups in total. The summed E-state index contributed by atoms with van der Waals surface area (Å²) in [5, 5.41) is 0.360. The van der Waals surface area contributed by atoms with Crippen molar-refractivity contribution in [2.75, 3.05) is 12.9 Å². The number of hydrogen-bond donors (Lipinski definition) is 0. The average molecular weight is 796 g/mol. The predicted molar refractivity (Wildman–Crippen MR) is 190 cm³/mol. The third-order valence-corrected chi connectivity index (χ3v) is 10.3. The molecule has 0 aliphatic rings. The molecule has 0 aliphatic heterocycles. The Hall–Kier alpha value is -1.79. The third-order valence-electron chi connectivity index (χ3n) is 8.02. The third kappa shape index (κ3) is 22.5. The summed E-state index contributed by atoms with van der Waals surface area (Å²) >= 11 is -11.2. The quantitative estimate of drug-likeness (QED) is 0.0426. The van der Waals surface area contributed by atoms with Crippen LogP contribution in [0.25, 0.3) is 0 Å². The second kappa shape index (κ2) is 20.7. The van der Waals surface area contributed by atoms with Gasteiger partial charge in [-0.25, -0.2) is 0 Å². The first-order chi connectivity index (χ1) is 22.2. The van der Waals surface area contributed by atoms with Crippen molar-refractivity contribution in [3.05, 3.63) is 96.1 Å². The van der Waals surface area contributed by atoms with Crippen LogP contribution in [0, 0.1) is 0 Å². The van der Waals surface area contributed by atoms with Crippen molar-refractivity contribution >= 4 is 30.4 Å². The fourth-order valence-corrected chi connectivity index (χ4v) is 7.55. The maximum absolute atomic E-state index is 11.2. The topological polar surface area (TPSA) is 9.23 Å². The number of benzene rings is 3. The Morgan fingerprint density at radius 1 is 0.511 bits per heavy atom. The van der Waals surface area contributed by atoms with Crippen molar-refractivity contribution in [2.24, 2.45) is 0 Å². The van der Waals surface area contributed by atoms with Crippen LogP contribution >= 0.6 is 0 Å². The fraction of sp³-hybridized carbons (Fsp3) is 0.526. The molecule has 9 heteroatoms. The zero-order chi connectivity index (χ0) is 34.5. The molecule has 0 amide bonds. The summed E-state index contributed by atoms with van der Waals surface area (Å²) in [6.07, 6.45) is 24.7. The normalized spacial score (nSPS) is 13.7. The number of rotatable bonds is 22. The second-order valence-electron chi connectivity index (χ2n) is 12.3. The standard InChI is InChI=1S/C38H55OS.6FH.Sb/c1-3-4-5-6-7-8-9-10-11-12-13-14-15-16-17-24-33-39-36-29-31-37(32-30-36)40(2)38(34-25-20-18-21-26-34)35-27-22-19-23-28-35;;;;;;;/h18-23,25-32,38H,3-17,24,33H2,1-2H3;6*1H;/q+1;;;;;;;+5/p-6. The van der Waals surface area contributed by atoms with E-state index in [0.29, 0.717) is 5.25 Å². The summed E-state index contributed by atoms with van der Waals surface area (Å²) in [4.78, 5) is 1.38. The average Bonchev–Trinajstić information content (AvgIpc) is 3.02. The van der Waals surface area contributed by atoms with Crippen LogP contribution in [0.1, 0.15) is 126 Å². The maximum atomic E-state index is 9.93. The molecule has 0 spiro atoms. The summed E-state index contributed by atoms with van der Waals surface area (Å²) in [5.41, 5.74) is 2.76. The number of ether oxygens (including phenoxy) is 1. The van der Waals surface area contributed by atoms with E-state index in [0.717, 1.165) is 18.8 Å². The van der Waals surface area contributed by atoms with E-state index in [2.05, 4.69) is 98.1 Å². The summed E-state index contributed by atoms with van der Waals surface area (Å²) < 4.78 is 65.6. The molecule has 0 heterocycles. The molecular weight excluding hydrogens is 740 g/mol. The molecule has 3 aromatic rings. The van der Waals surface area contributed by atoms with E-state index in [1.165, 1.54) is 112 Å². The van der Waals surface area contributed by atoms with Gasteiger partial charge >= 0.3 is 36.4 Å². The Kier molecular flexibility index (Phi) is 18.2. The first-order valence-corrected chi connectivity index (χ1v) is 24.8. The van der Waals surface area contributed by atoms with Gasteiger partial charge in [0.15, 0.2) is 10.1 Å². The van der Waals surface area contributed by atoms with Crippen LogP contribution in [0.15, 0.2) is 89.8 Å². The van der Waals surface area contributed by atoms with Crippen molar-refractivity contribution < 1.29 is 21.6 Å². The molecule has 1 nitrogen and oxygen atoms in total. The molecular formula is C38H55F6OSSb. The molecule has 47 heavy (non-hydrogen) atoms. The van der Waals surface area contributed by atoms with Gasteiger partial charge < -0.3 is 4.74 Å². The summed E-state index contributed by atoms with van der Waals surface area (Å²) in [6, 6.07) is 30.7. The molecule has 0 fully saturated rings. The minimum absolute atomic E-state index is 0.0447. The Bertz CT molecular complexity index is 1160. The molecule has 3 rings (SSSR count). The Morgan fingerprint density at radius 3 is 1.21 bits per heavy atom. The van der Waals surface area contributed by atoms with Crippen molar-refractivity contribution in [2.45, 2.75) is 120 Å². The van der Waals surface area contributed by atoms with E-state index in [-0.39, 0.29) is 10.9 Å². The molecule has 0 aromatic heterocycles. The Labute approximate surface area is 285 Å². The van der Waals surface area contributed by atoms with Crippen LogP contribution in [0.2, 0.25) is 0 Å². The van der Waals surface area contributed by atoms with E-state index >= 15 is 0 Å². The van der Waals surface area contributed by atoms with Crippen LogP contribution in [0.3, 0.4) is 0 Å². The van der Waals surface area contributed by atoms with E-state index in [9.17, 15) is 16.9 Å². The number of unbranched alkanes of at least 4 members (excludes halogenated alkanes) is 15. The van der Waals surface area contributed by atoms with Gasteiger partial charge in [-0.15, -0.1) is 0 Å². The first kappa shape index (κ1) is 41.4. The van der Waals surface area contributed by atoms with Gasteiger partial charge in [0.25, 0.3) is 0 Å². The van der Waals surface area contributed by atoms with Crippen molar-refractivity contribution in [1.29, 1.82) is 0 Å². The second-order valence-corrected chi connectivity index (χ2v) is 19.9. The van der Waals surface area contributed by atoms with Crippen molar-refractivity contribution in [3.63, 3.8) is 0 Å². The van der Waals surface area contributed by atoms with Crippen LogP contribution in [0.4, 0.5) is 16.9 Å². The summed E-state index contributed by atoms with van der Waals surface area (Å²) in [5.74, 6) is 0.998. The van der Waals surface area contributed by atoms with E-state index in [1.54, 1.807) is 0 Å². The van der Waals surface area contributed by atoms with Gasteiger partial charge in [0.2, 0.25) is 0 Å². The molecule has 0 saturated carbocycles. The Balaban J connectivity index is 0.000000984. The monoisotopic (exact) mass is 794 g/mol. The number of hydrogen-bond acceptors (Lipinski definition) is 1. The van der Waals surface area contributed by atoms with E-state index in [1.807, 2.05) is 0 Å². The van der Waals surface area contributed by atoms with Crippen LogP contribution in [0.5, 0.6) is 5.75 Å². The molecule has 3 aromatic carbocycles. The van der Waals surface area contributed by atoms with E-state index in [4.69, 9.17) is 4.74 Å². The van der Waals surface area contributed by atoms with Gasteiger partial charge in [-0.1, -0.05) is 164 Å². The summed E-state index contributed by atoms with van der Waals surface area (Å²) in [6.45, 7) is 3.12. The zero-order valence-corrected chi connectivity index (χ0v) is 31.6. The molecule has 0 saturated heterocycles. The minimum atomic E-state index is -11.2. The van der Waals surface area contributed by atoms with Crippen LogP contribution in [-0.4, -0.2) is 32.3 Å². The van der Waals surface area contributed by atoms with Crippen molar-refractivity contribution in [1.82, 2.24) is 0 Å². The molecule has 0 radical (unpaired) electrons. The van der Waals surface area contributed by atoms with Gasteiger partial charge in [0, 0.05) is 22.0 Å². The SMILES string of the molecule is CCCCCCCCCCCCCCCCCCOc1ccc([S+](C)C(c2ccccc2)c2ccccc2)cc1.[F][Sb-]([F])([F])([F])([F])[F]. The predicted octanol–water partition coefficient (Wildman–Crippen LogP) is 13.9. The molecule has 1 unspecified atom stereocenters. The van der Waals surface area contributed by atoms with E-state index < -0.39 is 19.5 Å². The van der Waals surface area contributed by atoms with Gasteiger partial charge in [0.05, 0.1) is 6.61 Å². The number of halogens is 6. The fourth-order valence-electron chi connectivity index (χ4n) is 5.58. The van der Waals surface area contributed by atoms with Crippen LogP contribution in [-0.2, 0) is 10.9 Å². The summed E-state index contributed by atoms with van der Waals surface area (Å²) in [7, 11) is 0.0447. The molecule has 1 atom stereocenters. The van der Waals surface area contributed by atoms with Gasteiger partial charge in [-0.3, -0.25) is 0 Å². The van der Waals surface area contributed by atoms with Crippen LogP contribution < -0.4 is 4.74 Å². The van der Waals surface area contributed by atoms with Gasteiger partial charge in [-0.05, 0) is 30.7 Å². The molecule has 266 valence electrons. The molecule has 0 aliphatic carbocycles. The first-order valence-electron chi connectivity index (χ1n) is 17.3. The van der Waals surface area contributed by atoms with Gasteiger partial charge in [-0.2, -0.15) is 0 Å². The van der Waals surface area contributed by atoms with Crippen molar-refractivity contribution in [3.8, 4) is 5.75 Å².